The van der Waals surface area contributed by atoms with Crippen LogP contribution in [-0.2, 0) is 9.53 Å². The number of ether oxygens (including phenoxy) is 1. The normalized spacial score (nSPS) is 22.0. The fourth-order valence-electron chi connectivity index (χ4n) is 3.10. The quantitative estimate of drug-likeness (QED) is 0.880. The Bertz CT molecular complexity index is 651. The van der Waals surface area contributed by atoms with E-state index in [0.29, 0.717) is 13.2 Å². The van der Waals surface area contributed by atoms with Crippen LogP contribution in [0.5, 0.6) is 0 Å². The third kappa shape index (κ3) is 3.20. The summed E-state index contributed by atoms with van der Waals surface area (Å²) in [6, 6.07) is 0.0127. The number of nitrogens with zero attached hydrogens (tertiary/aromatic N) is 4. The van der Waals surface area contributed by atoms with Gasteiger partial charge in [-0.1, -0.05) is 0 Å². The predicted octanol–water partition coefficient (Wildman–Crippen LogP) is 0.625. The van der Waals surface area contributed by atoms with Gasteiger partial charge in [-0.15, -0.1) is 5.10 Å². The van der Waals surface area contributed by atoms with E-state index in [0.717, 1.165) is 43.6 Å². The van der Waals surface area contributed by atoms with Crippen LogP contribution in [0, 0.1) is 0 Å². The van der Waals surface area contributed by atoms with Crippen molar-refractivity contribution in [2.45, 2.75) is 38.6 Å². The number of piperidine rings is 1. The first kappa shape index (κ1) is 15.5. The molecule has 1 fully saturated rings. The molecule has 23 heavy (non-hydrogen) atoms. The number of likely N-dealkylation sites (tertiary alicyclic amines) is 1. The van der Waals surface area contributed by atoms with Crippen LogP contribution in [0.2, 0.25) is 0 Å². The van der Waals surface area contributed by atoms with Crippen molar-refractivity contribution in [1.29, 1.82) is 0 Å². The van der Waals surface area contributed by atoms with Crippen molar-refractivity contribution in [3.8, 4) is 0 Å². The molecule has 2 aliphatic heterocycles. The van der Waals surface area contributed by atoms with Crippen LogP contribution in [0.15, 0.2) is 17.7 Å². The van der Waals surface area contributed by atoms with Gasteiger partial charge in [0.15, 0.2) is 0 Å². The fraction of sp³-hybridized carbons (Fsp3) is 0.600. The maximum absolute atomic E-state index is 12.7. The standard InChI is InChI=1S/C15H21N5O3/c1-10-12(5-3-7-23-10)15(22)19-6-2-4-11(8-19)20-9-17-14(18-20)13(16)21/h9,11H,2-8H2,1H3,(H2,16,21)/t11-/m0/s1. The van der Waals surface area contributed by atoms with Gasteiger partial charge in [-0.2, -0.15) is 0 Å². The molecule has 3 rings (SSSR count). The number of hydrogen-bond acceptors (Lipinski definition) is 5. The third-order valence-electron chi connectivity index (χ3n) is 4.36. The smallest absolute Gasteiger partial charge is 0.288 e. The second-order valence-corrected chi connectivity index (χ2v) is 5.95. The van der Waals surface area contributed by atoms with E-state index >= 15 is 0 Å². The van der Waals surface area contributed by atoms with Crippen molar-refractivity contribution in [2.24, 2.45) is 5.73 Å². The lowest BCUT2D eigenvalue weighted by Crippen LogP contribution is -2.42. The van der Waals surface area contributed by atoms with Gasteiger partial charge in [0.25, 0.3) is 11.8 Å². The summed E-state index contributed by atoms with van der Waals surface area (Å²) in [4.78, 5) is 29.6. The molecule has 1 aromatic heterocycles. The molecular formula is C15H21N5O3. The summed E-state index contributed by atoms with van der Waals surface area (Å²) in [5.74, 6) is 0.141. The van der Waals surface area contributed by atoms with E-state index in [-0.39, 0.29) is 17.8 Å². The lowest BCUT2D eigenvalue weighted by molar-refractivity contribution is -0.129. The first-order chi connectivity index (χ1) is 11.1. The van der Waals surface area contributed by atoms with E-state index < -0.39 is 5.91 Å². The molecule has 0 bridgehead atoms. The highest BCUT2D eigenvalue weighted by Gasteiger charge is 2.29. The Morgan fingerprint density at radius 3 is 2.91 bits per heavy atom. The number of aromatic nitrogens is 3. The highest BCUT2D eigenvalue weighted by Crippen LogP contribution is 2.26. The maximum atomic E-state index is 12.7. The Hall–Kier alpha value is -2.38. The van der Waals surface area contributed by atoms with Crippen molar-refractivity contribution in [3.05, 3.63) is 23.5 Å². The van der Waals surface area contributed by atoms with E-state index in [1.165, 1.54) is 6.33 Å². The molecule has 0 aromatic carbocycles. The first-order valence-corrected chi connectivity index (χ1v) is 7.89. The van der Waals surface area contributed by atoms with Crippen molar-refractivity contribution >= 4 is 11.8 Å². The van der Waals surface area contributed by atoms with Gasteiger partial charge in [0, 0.05) is 13.1 Å². The van der Waals surface area contributed by atoms with E-state index in [1.807, 2.05) is 11.8 Å². The SMILES string of the molecule is CC1=C(C(=O)N2CCC[C@H](n3cnc(C(N)=O)n3)C2)CCCO1. The molecular weight excluding hydrogens is 298 g/mol. The average molecular weight is 319 g/mol. The average Bonchev–Trinajstić information content (AvgIpc) is 3.05. The largest absolute Gasteiger partial charge is 0.498 e. The fourth-order valence-corrected chi connectivity index (χ4v) is 3.10. The molecule has 2 N–H and O–H groups in total. The molecule has 0 spiro atoms. The third-order valence-corrected chi connectivity index (χ3v) is 4.36. The highest BCUT2D eigenvalue weighted by molar-refractivity contribution is 5.94. The molecule has 0 radical (unpaired) electrons. The predicted molar refractivity (Wildman–Crippen MR) is 81.3 cm³/mol. The zero-order valence-electron chi connectivity index (χ0n) is 13.2. The van der Waals surface area contributed by atoms with E-state index in [4.69, 9.17) is 10.5 Å². The maximum Gasteiger partial charge on any atom is 0.288 e. The van der Waals surface area contributed by atoms with Crippen LogP contribution < -0.4 is 5.73 Å². The Kier molecular flexibility index (Phi) is 4.31. The molecule has 2 amide bonds. The van der Waals surface area contributed by atoms with Gasteiger partial charge in [0.05, 0.1) is 18.2 Å². The number of allylic oxidation sites excluding steroid dienone is 1. The van der Waals surface area contributed by atoms with E-state index in [1.54, 1.807) is 4.68 Å². The molecule has 124 valence electrons. The number of primary amides is 1. The number of amides is 2. The minimum absolute atomic E-state index is 0.00711. The van der Waals surface area contributed by atoms with Crippen molar-refractivity contribution in [1.82, 2.24) is 19.7 Å². The van der Waals surface area contributed by atoms with Crippen molar-refractivity contribution in [3.63, 3.8) is 0 Å². The van der Waals surface area contributed by atoms with Crippen molar-refractivity contribution < 1.29 is 14.3 Å². The molecule has 2 aliphatic rings. The van der Waals surface area contributed by atoms with Crippen LogP contribution in [-0.4, -0.2) is 51.2 Å². The summed E-state index contributed by atoms with van der Waals surface area (Å²) in [5.41, 5.74) is 5.95. The molecule has 3 heterocycles. The summed E-state index contributed by atoms with van der Waals surface area (Å²) < 4.78 is 7.13. The number of nitrogens with two attached hydrogens (primary N) is 1. The highest BCUT2D eigenvalue weighted by atomic mass is 16.5. The Morgan fingerprint density at radius 2 is 2.22 bits per heavy atom. The second-order valence-electron chi connectivity index (χ2n) is 5.95. The molecule has 1 atom stereocenters. The van der Waals surface area contributed by atoms with Gasteiger partial charge in [-0.3, -0.25) is 9.59 Å². The van der Waals surface area contributed by atoms with Gasteiger partial charge in [0.2, 0.25) is 5.82 Å². The molecule has 0 saturated carbocycles. The molecule has 1 saturated heterocycles. The molecule has 1 aromatic rings. The van der Waals surface area contributed by atoms with Crippen molar-refractivity contribution in [2.75, 3.05) is 19.7 Å². The minimum Gasteiger partial charge on any atom is -0.498 e. The van der Waals surface area contributed by atoms with Gasteiger partial charge in [-0.25, -0.2) is 9.67 Å². The molecule has 0 unspecified atom stereocenters. The summed E-state index contributed by atoms with van der Waals surface area (Å²) in [6.07, 6.45) is 4.92. The van der Waals surface area contributed by atoms with Gasteiger partial charge in [-0.05, 0) is 32.6 Å². The molecule has 8 heteroatoms. The first-order valence-electron chi connectivity index (χ1n) is 7.89. The van der Waals surface area contributed by atoms with Crippen LogP contribution in [0.25, 0.3) is 0 Å². The van der Waals surface area contributed by atoms with Gasteiger partial charge in [0.1, 0.15) is 12.1 Å². The topological polar surface area (TPSA) is 103 Å². The lowest BCUT2D eigenvalue weighted by atomic mass is 10.0. The summed E-state index contributed by atoms with van der Waals surface area (Å²) >= 11 is 0. The summed E-state index contributed by atoms with van der Waals surface area (Å²) in [7, 11) is 0. The van der Waals surface area contributed by atoms with Gasteiger partial charge >= 0.3 is 0 Å². The summed E-state index contributed by atoms with van der Waals surface area (Å²) in [5, 5.41) is 4.11. The Morgan fingerprint density at radius 1 is 1.39 bits per heavy atom. The molecule has 8 nitrogen and oxygen atoms in total. The number of rotatable bonds is 3. The minimum atomic E-state index is -0.646. The monoisotopic (exact) mass is 319 g/mol. The van der Waals surface area contributed by atoms with Crippen LogP contribution >= 0.6 is 0 Å². The van der Waals surface area contributed by atoms with Gasteiger partial charge < -0.3 is 15.4 Å². The van der Waals surface area contributed by atoms with Crippen LogP contribution in [0.1, 0.15) is 49.3 Å². The van der Waals surface area contributed by atoms with Crippen LogP contribution in [0.4, 0.5) is 0 Å². The van der Waals surface area contributed by atoms with E-state index in [9.17, 15) is 9.59 Å². The molecule has 0 aliphatic carbocycles. The Balaban J connectivity index is 1.72. The lowest BCUT2D eigenvalue weighted by Gasteiger charge is -2.34. The van der Waals surface area contributed by atoms with Crippen LogP contribution in [0.3, 0.4) is 0 Å². The Labute approximate surface area is 134 Å². The second kappa shape index (κ2) is 6.39. The number of carbonyl (C=O) groups excluding carboxylic acids is 2. The zero-order chi connectivity index (χ0) is 16.4. The summed E-state index contributed by atoms with van der Waals surface area (Å²) in [6.45, 7) is 3.81. The zero-order valence-corrected chi connectivity index (χ0v) is 13.2. The van der Waals surface area contributed by atoms with E-state index in [2.05, 4.69) is 10.1 Å². The number of carbonyl (C=O) groups is 2. The number of hydrogen-bond donors (Lipinski definition) is 1.